The number of aryl methyl sites for hydroxylation is 1. The molecule has 0 bridgehead atoms. The minimum absolute atomic E-state index is 0.367. The first-order valence-electron chi connectivity index (χ1n) is 5.47. The Bertz CT molecular complexity index is 370. The van der Waals surface area contributed by atoms with Crippen molar-refractivity contribution < 1.29 is 0 Å². The summed E-state index contributed by atoms with van der Waals surface area (Å²) in [5.41, 5.74) is 0.711. The number of hydrogen-bond acceptors (Lipinski definition) is 5. The Morgan fingerprint density at radius 2 is 2.25 bits per heavy atom. The summed E-state index contributed by atoms with van der Waals surface area (Å²) in [5, 5.41) is 11.4. The van der Waals surface area contributed by atoms with E-state index in [0.717, 1.165) is 19.5 Å². The number of likely N-dealkylation sites (N-methyl/N-ethyl adjacent to an activating group) is 1. The van der Waals surface area contributed by atoms with Crippen molar-refractivity contribution in [3.63, 3.8) is 0 Å². The van der Waals surface area contributed by atoms with Crippen molar-refractivity contribution in [1.82, 2.24) is 20.1 Å². The highest BCUT2D eigenvalue weighted by Crippen LogP contribution is 2.14. The van der Waals surface area contributed by atoms with Crippen LogP contribution < -0.4 is 5.32 Å². The van der Waals surface area contributed by atoms with E-state index in [-0.39, 0.29) is 0 Å². The SMILES string of the molecule is Cc1nc(NC2CCCN(C)C2)nnc1Cl. The quantitative estimate of drug-likeness (QED) is 0.847. The van der Waals surface area contributed by atoms with Crippen LogP contribution in [0.2, 0.25) is 5.15 Å². The van der Waals surface area contributed by atoms with Gasteiger partial charge < -0.3 is 10.2 Å². The minimum Gasteiger partial charge on any atom is -0.349 e. The lowest BCUT2D eigenvalue weighted by molar-refractivity contribution is 0.260. The molecule has 0 spiro atoms. The molecule has 0 aromatic carbocycles. The molecule has 2 rings (SSSR count). The van der Waals surface area contributed by atoms with E-state index in [1.165, 1.54) is 6.42 Å². The van der Waals surface area contributed by atoms with Crippen LogP contribution in [0.5, 0.6) is 0 Å². The molecular formula is C10H16ClN5. The number of nitrogens with zero attached hydrogens (tertiary/aromatic N) is 4. The van der Waals surface area contributed by atoms with Crippen LogP contribution in [-0.4, -0.2) is 46.3 Å². The van der Waals surface area contributed by atoms with Crippen LogP contribution >= 0.6 is 11.6 Å². The maximum atomic E-state index is 5.77. The van der Waals surface area contributed by atoms with E-state index < -0.39 is 0 Å². The van der Waals surface area contributed by atoms with E-state index in [0.29, 0.717) is 22.8 Å². The van der Waals surface area contributed by atoms with Gasteiger partial charge in [0.15, 0.2) is 5.15 Å². The van der Waals surface area contributed by atoms with Crippen LogP contribution in [-0.2, 0) is 0 Å². The second-order valence-corrected chi connectivity index (χ2v) is 4.62. The van der Waals surface area contributed by atoms with E-state index in [2.05, 4.69) is 32.4 Å². The fraction of sp³-hybridized carbons (Fsp3) is 0.700. The maximum Gasteiger partial charge on any atom is 0.243 e. The van der Waals surface area contributed by atoms with Crippen molar-refractivity contribution in [3.8, 4) is 0 Å². The van der Waals surface area contributed by atoms with Crippen LogP contribution in [0.3, 0.4) is 0 Å². The number of likely N-dealkylation sites (tertiary alicyclic amines) is 1. The van der Waals surface area contributed by atoms with Crippen molar-refractivity contribution in [1.29, 1.82) is 0 Å². The van der Waals surface area contributed by atoms with Gasteiger partial charge in [-0.25, -0.2) is 4.98 Å². The molecule has 1 N–H and O–H groups in total. The minimum atomic E-state index is 0.367. The first kappa shape index (κ1) is 11.5. The molecule has 0 aliphatic carbocycles. The van der Waals surface area contributed by atoms with Crippen LogP contribution in [0.1, 0.15) is 18.5 Å². The first-order valence-corrected chi connectivity index (χ1v) is 5.85. The monoisotopic (exact) mass is 241 g/mol. The molecule has 1 saturated heterocycles. The third kappa shape index (κ3) is 2.80. The molecule has 5 nitrogen and oxygen atoms in total. The predicted octanol–water partition coefficient (Wildman–Crippen LogP) is 1.34. The summed E-state index contributed by atoms with van der Waals surface area (Å²) in [4.78, 5) is 6.56. The van der Waals surface area contributed by atoms with Gasteiger partial charge in [-0.15, -0.1) is 10.2 Å². The molecule has 88 valence electrons. The number of hydrogen-bond donors (Lipinski definition) is 1. The van der Waals surface area contributed by atoms with Crippen molar-refractivity contribution in [2.75, 3.05) is 25.5 Å². The molecule has 1 aliphatic heterocycles. The van der Waals surface area contributed by atoms with E-state index in [1.54, 1.807) is 0 Å². The lowest BCUT2D eigenvalue weighted by atomic mass is 10.1. The third-order valence-corrected chi connectivity index (χ3v) is 3.11. The van der Waals surface area contributed by atoms with E-state index in [1.807, 2.05) is 6.92 Å². The summed E-state index contributed by atoms with van der Waals surface area (Å²) in [7, 11) is 2.13. The van der Waals surface area contributed by atoms with Crippen LogP contribution in [0.25, 0.3) is 0 Å². The second-order valence-electron chi connectivity index (χ2n) is 4.26. The zero-order chi connectivity index (χ0) is 11.5. The number of piperidine rings is 1. The van der Waals surface area contributed by atoms with Gasteiger partial charge in [0.2, 0.25) is 5.95 Å². The van der Waals surface area contributed by atoms with E-state index in [4.69, 9.17) is 11.6 Å². The Labute approximate surface area is 100 Å². The summed E-state index contributed by atoms with van der Waals surface area (Å²) < 4.78 is 0. The van der Waals surface area contributed by atoms with Gasteiger partial charge in [-0.1, -0.05) is 11.6 Å². The summed E-state index contributed by atoms with van der Waals surface area (Å²) in [5.74, 6) is 0.571. The van der Waals surface area contributed by atoms with Crippen molar-refractivity contribution in [2.24, 2.45) is 0 Å². The molecule has 6 heteroatoms. The zero-order valence-electron chi connectivity index (χ0n) is 9.57. The molecule has 2 heterocycles. The molecule has 0 radical (unpaired) electrons. The molecule has 0 amide bonds. The Hall–Kier alpha value is -0.940. The van der Waals surface area contributed by atoms with Gasteiger partial charge in [0, 0.05) is 12.6 Å². The maximum absolute atomic E-state index is 5.77. The van der Waals surface area contributed by atoms with Gasteiger partial charge in [0.05, 0.1) is 5.69 Å². The average Bonchev–Trinajstić information content (AvgIpc) is 2.24. The van der Waals surface area contributed by atoms with Crippen LogP contribution in [0.4, 0.5) is 5.95 Å². The number of aromatic nitrogens is 3. The van der Waals surface area contributed by atoms with Crippen LogP contribution in [0.15, 0.2) is 0 Å². The molecule has 1 fully saturated rings. The Morgan fingerprint density at radius 1 is 1.44 bits per heavy atom. The molecule has 1 atom stereocenters. The highest BCUT2D eigenvalue weighted by atomic mass is 35.5. The lowest BCUT2D eigenvalue weighted by Crippen LogP contribution is -2.40. The second kappa shape index (κ2) is 4.93. The molecule has 1 unspecified atom stereocenters. The summed E-state index contributed by atoms with van der Waals surface area (Å²) in [6.45, 7) is 4.01. The fourth-order valence-corrected chi connectivity index (χ4v) is 2.00. The van der Waals surface area contributed by atoms with E-state index in [9.17, 15) is 0 Å². The molecule has 1 aromatic rings. The van der Waals surface area contributed by atoms with Crippen molar-refractivity contribution >= 4 is 17.5 Å². The normalized spacial score (nSPS) is 22.1. The summed E-state index contributed by atoms with van der Waals surface area (Å²) >= 11 is 5.77. The van der Waals surface area contributed by atoms with Gasteiger partial charge in [0.25, 0.3) is 0 Å². The average molecular weight is 242 g/mol. The Balaban J connectivity index is 2.00. The number of halogens is 1. The summed E-state index contributed by atoms with van der Waals surface area (Å²) in [6.07, 6.45) is 2.35. The smallest absolute Gasteiger partial charge is 0.243 e. The van der Waals surface area contributed by atoms with Gasteiger partial charge in [-0.3, -0.25) is 0 Å². The Kier molecular flexibility index (Phi) is 3.56. The third-order valence-electron chi connectivity index (χ3n) is 2.76. The highest BCUT2D eigenvalue weighted by molar-refractivity contribution is 6.29. The molecular weight excluding hydrogens is 226 g/mol. The molecule has 0 saturated carbocycles. The van der Waals surface area contributed by atoms with Crippen molar-refractivity contribution in [3.05, 3.63) is 10.8 Å². The molecule has 1 aromatic heterocycles. The van der Waals surface area contributed by atoms with Gasteiger partial charge in [-0.2, -0.15) is 0 Å². The molecule has 1 aliphatic rings. The van der Waals surface area contributed by atoms with Gasteiger partial charge in [0.1, 0.15) is 0 Å². The lowest BCUT2D eigenvalue weighted by Gasteiger charge is -2.30. The van der Waals surface area contributed by atoms with E-state index >= 15 is 0 Å². The number of rotatable bonds is 2. The summed E-state index contributed by atoms with van der Waals surface area (Å²) in [6, 6.07) is 0.404. The topological polar surface area (TPSA) is 53.9 Å². The number of anilines is 1. The number of nitrogens with one attached hydrogen (secondary N) is 1. The Morgan fingerprint density at radius 3 is 2.94 bits per heavy atom. The predicted molar refractivity (Wildman–Crippen MR) is 63.7 cm³/mol. The van der Waals surface area contributed by atoms with Gasteiger partial charge >= 0.3 is 0 Å². The fourth-order valence-electron chi connectivity index (χ4n) is 1.92. The standard InChI is InChI=1S/C10H16ClN5/c1-7-9(11)14-15-10(12-7)13-8-4-3-5-16(2)6-8/h8H,3-6H2,1-2H3,(H,12,13,15). The zero-order valence-corrected chi connectivity index (χ0v) is 10.3. The largest absolute Gasteiger partial charge is 0.349 e. The highest BCUT2D eigenvalue weighted by Gasteiger charge is 2.17. The molecule has 16 heavy (non-hydrogen) atoms. The van der Waals surface area contributed by atoms with Crippen LogP contribution in [0, 0.1) is 6.92 Å². The van der Waals surface area contributed by atoms with Crippen molar-refractivity contribution in [2.45, 2.75) is 25.8 Å². The first-order chi connectivity index (χ1) is 7.65. The van der Waals surface area contributed by atoms with Gasteiger partial charge in [-0.05, 0) is 33.4 Å².